The van der Waals surface area contributed by atoms with Gasteiger partial charge in [-0.25, -0.2) is 0 Å². The van der Waals surface area contributed by atoms with Gasteiger partial charge in [-0.3, -0.25) is 4.79 Å². The number of hydrogen-bond acceptors (Lipinski definition) is 2. The molecule has 2 bridgehead atoms. The van der Waals surface area contributed by atoms with Crippen LogP contribution in [0.4, 0.5) is 0 Å². The average Bonchev–Trinajstić information content (AvgIpc) is 2.99. The van der Waals surface area contributed by atoms with Crippen molar-refractivity contribution in [2.24, 2.45) is 23.5 Å². The van der Waals surface area contributed by atoms with Crippen LogP contribution in [0.15, 0.2) is 0 Å². The molecule has 5 unspecified atom stereocenters. The highest BCUT2D eigenvalue weighted by molar-refractivity contribution is 5.79. The summed E-state index contributed by atoms with van der Waals surface area (Å²) >= 11 is 0. The Balaban J connectivity index is 1.61. The number of nitrogens with two attached hydrogens (primary N) is 1. The molecule has 0 radical (unpaired) electrons. The summed E-state index contributed by atoms with van der Waals surface area (Å²) in [7, 11) is 0. The zero-order valence-corrected chi connectivity index (χ0v) is 11.5. The number of amides is 1. The summed E-state index contributed by atoms with van der Waals surface area (Å²) in [5.74, 6) is 1.94. The molecule has 0 aromatic heterocycles. The number of likely N-dealkylation sites (tertiary alicyclic amines) is 1. The number of carbonyl (C=O) groups is 1. The van der Waals surface area contributed by atoms with Crippen LogP contribution >= 0.6 is 0 Å². The minimum atomic E-state index is 0.190. The second-order valence-electron chi connectivity index (χ2n) is 6.80. The van der Waals surface area contributed by atoms with Gasteiger partial charge in [0, 0.05) is 24.5 Å². The average molecular weight is 250 g/mol. The van der Waals surface area contributed by atoms with Gasteiger partial charge in [-0.05, 0) is 50.4 Å². The number of rotatable bonds is 2. The largest absolute Gasteiger partial charge is 0.339 e. The van der Waals surface area contributed by atoms with Gasteiger partial charge in [0.05, 0.1) is 0 Å². The van der Waals surface area contributed by atoms with Crippen LogP contribution in [-0.2, 0) is 4.79 Å². The summed E-state index contributed by atoms with van der Waals surface area (Å²) in [4.78, 5) is 14.8. The molecule has 0 aromatic rings. The van der Waals surface area contributed by atoms with Crippen molar-refractivity contribution in [2.45, 2.75) is 64.0 Å². The summed E-state index contributed by atoms with van der Waals surface area (Å²) in [5.41, 5.74) is 6.05. The van der Waals surface area contributed by atoms with Crippen molar-refractivity contribution >= 4 is 5.91 Å². The highest BCUT2D eigenvalue weighted by Crippen LogP contribution is 2.39. The molecule has 3 nitrogen and oxygen atoms in total. The predicted molar refractivity (Wildman–Crippen MR) is 71.9 cm³/mol. The minimum Gasteiger partial charge on any atom is -0.339 e. The third-order valence-corrected chi connectivity index (χ3v) is 5.54. The van der Waals surface area contributed by atoms with Gasteiger partial charge in [0.15, 0.2) is 0 Å². The van der Waals surface area contributed by atoms with Gasteiger partial charge in [0.25, 0.3) is 0 Å². The Kier molecular flexibility index (Phi) is 3.35. The van der Waals surface area contributed by atoms with Gasteiger partial charge in [-0.15, -0.1) is 0 Å². The Morgan fingerprint density at radius 3 is 2.67 bits per heavy atom. The molecule has 3 fully saturated rings. The van der Waals surface area contributed by atoms with E-state index < -0.39 is 0 Å². The molecule has 2 aliphatic carbocycles. The molecule has 5 atom stereocenters. The number of piperidine rings is 1. The third kappa shape index (κ3) is 2.18. The number of carbonyl (C=O) groups excluding carboxylic acids is 1. The maximum atomic E-state index is 12.6. The number of fused-ring (bicyclic) bond motifs is 2. The SMILES string of the molecule is CC(C(=O)N1CC2CCC1C2)C1CCCC(N)C1. The van der Waals surface area contributed by atoms with Crippen LogP contribution in [-0.4, -0.2) is 29.4 Å². The lowest BCUT2D eigenvalue weighted by atomic mass is 9.78. The normalized spacial score (nSPS) is 41.1. The van der Waals surface area contributed by atoms with Crippen LogP contribution in [0, 0.1) is 17.8 Å². The zero-order valence-electron chi connectivity index (χ0n) is 11.5. The second kappa shape index (κ2) is 4.84. The van der Waals surface area contributed by atoms with Crippen LogP contribution < -0.4 is 5.73 Å². The molecule has 2 N–H and O–H groups in total. The first-order valence-electron chi connectivity index (χ1n) is 7.71. The van der Waals surface area contributed by atoms with Gasteiger partial charge >= 0.3 is 0 Å². The summed E-state index contributed by atoms with van der Waals surface area (Å²) in [5, 5.41) is 0. The van der Waals surface area contributed by atoms with Crippen molar-refractivity contribution in [2.75, 3.05) is 6.54 Å². The molecule has 1 heterocycles. The first-order chi connectivity index (χ1) is 8.65. The molecule has 18 heavy (non-hydrogen) atoms. The van der Waals surface area contributed by atoms with E-state index in [2.05, 4.69) is 11.8 Å². The van der Waals surface area contributed by atoms with Crippen LogP contribution in [0.2, 0.25) is 0 Å². The fourth-order valence-corrected chi connectivity index (χ4v) is 4.38. The molecular weight excluding hydrogens is 224 g/mol. The molecule has 2 saturated carbocycles. The van der Waals surface area contributed by atoms with Gasteiger partial charge < -0.3 is 10.6 Å². The fraction of sp³-hybridized carbons (Fsp3) is 0.933. The molecular formula is C15H26N2O. The molecule has 1 saturated heterocycles. The van der Waals surface area contributed by atoms with Crippen LogP contribution in [0.1, 0.15) is 51.9 Å². The number of hydrogen-bond donors (Lipinski definition) is 1. The summed E-state index contributed by atoms with van der Waals surface area (Å²) in [6, 6.07) is 0.899. The first kappa shape index (κ1) is 12.5. The van der Waals surface area contributed by atoms with E-state index >= 15 is 0 Å². The predicted octanol–water partition coefficient (Wildman–Crippen LogP) is 2.15. The zero-order chi connectivity index (χ0) is 12.7. The molecule has 1 amide bonds. The van der Waals surface area contributed by atoms with E-state index in [1.54, 1.807) is 0 Å². The highest BCUT2D eigenvalue weighted by Gasteiger charge is 2.42. The van der Waals surface area contributed by atoms with Crippen molar-refractivity contribution in [1.82, 2.24) is 4.90 Å². The van der Waals surface area contributed by atoms with Gasteiger partial charge in [-0.2, -0.15) is 0 Å². The Morgan fingerprint density at radius 2 is 2.06 bits per heavy atom. The van der Waals surface area contributed by atoms with E-state index in [1.807, 2.05) is 0 Å². The standard InChI is InChI=1S/C15H26N2O/c1-10(12-3-2-4-13(16)8-12)15(18)17-9-11-5-6-14(17)7-11/h10-14H,2-9,16H2,1H3. The lowest BCUT2D eigenvalue weighted by molar-refractivity contribution is -0.138. The van der Waals surface area contributed by atoms with E-state index in [4.69, 9.17) is 5.73 Å². The molecule has 102 valence electrons. The fourth-order valence-electron chi connectivity index (χ4n) is 4.38. The van der Waals surface area contributed by atoms with Crippen molar-refractivity contribution in [3.05, 3.63) is 0 Å². The van der Waals surface area contributed by atoms with Gasteiger partial charge in [0.2, 0.25) is 5.91 Å². The van der Waals surface area contributed by atoms with E-state index in [0.29, 0.717) is 23.9 Å². The Bertz CT molecular complexity index is 330. The van der Waals surface area contributed by atoms with E-state index in [-0.39, 0.29) is 5.92 Å². The lowest BCUT2D eigenvalue weighted by Crippen LogP contribution is -2.44. The summed E-state index contributed by atoms with van der Waals surface area (Å²) in [6.07, 6.45) is 8.45. The Labute approximate surface area is 110 Å². The minimum absolute atomic E-state index is 0.190. The van der Waals surface area contributed by atoms with Crippen LogP contribution in [0.3, 0.4) is 0 Å². The first-order valence-corrected chi connectivity index (χ1v) is 7.71. The van der Waals surface area contributed by atoms with Crippen molar-refractivity contribution in [3.63, 3.8) is 0 Å². The van der Waals surface area contributed by atoms with Crippen molar-refractivity contribution < 1.29 is 4.79 Å². The topological polar surface area (TPSA) is 46.3 Å². The van der Waals surface area contributed by atoms with Crippen molar-refractivity contribution in [1.29, 1.82) is 0 Å². The Hall–Kier alpha value is -0.570. The quantitative estimate of drug-likeness (QED) is 0.816. The van der Waals surface area contributed by atoms with E-state index in [9.17, 15) is 4.79 Å². The van der Waals surface area contributed by atoms with Crippen molar-refractivity contribution in [3.8, 4) is 0 Å². The molecule has 0 spiro atoms. The van der Waals surface area contributed by atoms with Crippen LogP contribution in [0.25, 0.3) is 0 Å². The molecule has 3 aliphatic rings. The summed E-state index contributed by atoms with van der Waals surface area (Å²) < 4.78 is 0. The van der Waals surface area contributed by atoms with Gasteiger partial charge in [-0.1, -0.05) is 13.3 Å². The highest BCUT2D eigenvalue weighted by atomic mass is 16.2. The maximum absolute atomic E-state index is 12.6. The molecule has 0 aromatic carbocycles. The molecule has 3 rings (SSSR count). The molecule has 3 heteroatoms. The van der Waals surface area contributed by atoms with Crippen LogP contribution in [0.5, 0.6) is 0 Å². The third-order valence-electron chi connectivity index (χ3n) is 5.54. The maximum Gasteiger partial charge on any atom is 0.225 e. The second-order valence-corrected chi connectivity index (χ2v) is 6.80. The smallest absolute Gasteiger partial charge is 0.225 e. The Morgan fingerprint density at radius 1 is 1.22 bits per heavy atom. The van der Waals surface area contributed by atoms with E-state index in [1.165, 1.54) is 32.1 Å². The lowest BCUT2D eigenvalue weighted by Gasteiger charge is -2.35. The van der Waals surface area contributed by atoms with E-state index in [0.717, 1.165) is 25.3 Å². The molecule has 1 aliphatic heterocycles. The monoisotopic (exact) mass is 250 g/mol. The van der Waals surface area contributed by atoms with Gasteiger partial charge in [0.1, 0.15) is 0 Å². The number of nitrogens with zero attached hydrogens (tertiary/aromatic N) is 1. The summed E-state index contributed by atoms with van der Waals surface area (Å²) in [6.45, 7) is 3.17.